The molecule has 0 atom stereocenters. The Labute approximate surface area is 189 Å². The number of aromatic nitrogens is 2. The summed E-state index contributed by atoms with van der Waals surface area (Å²) < 4.78 is 0. The second-order valence-corrected chi connectivity index (χ2v) is 9.85. The van der Waals surface area contributed by atoms with E-state index in [0.29, 0.717) is 6.42 Å². The predicted molar refractivity (Wildman–Crippen MR) is 130 cm³/mol. The van der Waals surface area contributed by atoms with Gasteiger partial charge in [-0.15, -0.1) is 11.3 Å². The van der Waals surface area contributed by atoms with E-state index in [9.17, 15) is 4.79 Å². The maximum absolute atomic E-state index is 13.0. The third-order valence-corrected chi connectivity index (χ3v) is 7.14. The van der Waals surface area contributed by atoms with Crippen LogP contribution in [-0.2, 0) is 10.2 Å². The maximum atomic E-state index is 13.0. The van der Waals surface area contributed by atoms with Crippen LogP contribution in [0.5, 0.6) is 0 Å². The Balaban J connectivity index is 1.67. The summed E-state index contributed by atoms with van der Waals surface area (Å²) >= 11 is 1.65. The quantitative estimate of drug-likeness (QED) is 0.382. The topological polar surface area (TPSA) is 46.1 Å². The Morgan fingerprint density at radius 2 is 1.87 bits per heavy atom. The van der Waals surface area contributed by atoms with Crippen LogP contribution < -0.4 is 4.90 Å². The van der Waals surface area contributed by atoms with Crippen molar-refractivity contribution in [3.05, 3.63) is 53.7 Å². The van der Waals surface area contributed by atoms with Gasteiger partial charge in [-0.2, -0.15) is 0 Å². The molecular weight excluding hydrogens is 402 g/mol. The van der Waals surface area contributed by atoms with Gasteiger partial charge < -0.3 is 4.90 Å². The summed E-state index contributed by atoms with van der Waals surface area (Å²) in [7, 11) is 0. The lowest BCUT2D eigenvalue weighted by molar-refractivity contribution is -0.118. The predicted octanol–water partition coefficient (Wildman–Crippen LogP) is 6.86. The lowest BCUT2D eigenvalue weighted by atomic mass is 9.79. The average molecular weight is 434 g/mol. The maximum Gasteiger partial charge on any atom is 0.227 e. The average Bonchev–Trinajstić information content (AvgIpc) is 3.25. The molecule has 0 radical (unpaired) electrons. The molecule has 0 aliphatic carbocycles. The van der Waals surface area contributed by atoms with Crippen LogP contribution in [0.25, 0.3) is 21.8 Å². The van der Waals surface area contributed by atoms with Gasteiger partial charge in [0.25, 0.3) is 0 Å². The molecule has 1 aromatic carbocycles. The highest BCUT2D eigenvalue weighted by Gasteiger charge is 2.33. The molecule has 0 unspecified atom stereocenters. The molecule has 0 saturated heterocycles. The highest BCUT2D eigenvalue weighted by molar-refractivity contribution is 7.13. The zero-order chi connectivity index (χ0) is 21.8. The Morgan fingerprint density at radius 3 is 2.65 bits per heavy atom. The largest absolute Gasteiger partial charge is 0.312 e. The first-order chi connectivity index (χ1) is 15.0. The van der Waals surface area contributed by atoms with Crippen molar-refractivity contribution in [3.63, 3.8) is 0 Å². The van der Waals surface area contributed by atoms with Gasteiger partial charge in [0, 0.05) is 47.6 Å². The molecule has 1 aliphatic rings. The SMILES string of the molecule is CCCCCCN1C(=O)CCC(C)(C)c2cc(-c3csc(-c4ccncc4)n3)ccc21. The molecule has 0 bridgehead atoms. The van der Waals surface area contributed by atoms with E-state index in [2.05, 4.69) is 49.3 Å². The van der Waals surface area contributed by atoms with Crippen molar-refractivity contribution in [1.29, 1.82) is 0 Å². The number of thiazole rings is 1. The third-order valence-electron chi connectivity index (χ3n) is 6.24. The number of hydrogen-bond acceptors (Lipinski definition) is 4. The molecule has 4 rings (SSSR count). The standard InChI is InChI=1S/C26H31N3OS/c1-4-5-6-7-16-29-23-9-8-20(17-21(23)26(2,3)13-10-24(29)30)22-18-31-25(28-22)19-11-14-27-15-12-19/h8-9,11-12,14-15,17-18H,4-7,10,13,16H2,1-3H3. The zero-order valence-corrected chi connectivity index (χ0v) is 19.5. The fourth-order valence-electron chi connectivity index (χ4n) is 4.27. The molecule has 0 saturated carbocycles. The van der Waals surface area contributed by atoms with Crippen LogP contribution in [-0.4, -0.2) is 22.4 Å². The number of anilines is 1. The molecule has 0 fully saturated rings. The van der Waals surface area contributed by atoms with E-state index in [1.54, 1.807) is 23.7 Å². The minimum atomic E-state index is -0.0525. The van der Waals surface area contributed by atoms with Crippen molar-refractivity contribution >= 4 is 22.9 Å². The third kappa shape index (κ3) is 4.72. The number of unbranched alkanes of at least 4 members (excludes halogenated alkanes) is 3. The Kier molecular flexibility index (Phi) is 6.51. The molecule has 3 heterocycles. The molecule has 4 nitrogen and oxygen atoms in total. The van der Waals surface area contributed by atoms with Crippen LogP contribution in [0.15, 0.2) is 48.1 Å². The van der Waals surface area contributed by atoms with Crippen molar-refractivity contribution < 1.29 is 4.79 Å². The summed E-state index contributed by atoms with van der Waals surface area (Å²) in [6.07, 6.45) is 9.73. The molecule has 1 aliphatic heterocycles. The molecular formula is C26H31N3OS. The van der Waals surface area contributed by atoms with Gasteiger partial charge in [-0.1, -0.05) is 46.1 Å². The van der Waals surface area contributed by atoms with Gasteiger partial charge in [0.1, 0.15) is 5.01 Å². The van der Waals surface area contributed by atoms with E-state index in [0.717, 1.165) is 46.9 Å². The smallest absolute Gasteiger partial charge is 0.227 e. The van der Waals surface area contributed by atoms with Gasteiger partial charge in [-0.05, 0) is 48.1 Å². The summed E-state index contributed by atoms with van der Waals surface area (Å²) in [6, 6.07) is 10.5. The molecule has 31 heavy (non-hydrogen) atoms. The first kappa shape index (κ1) is 21.7. The second kappa shape index (κ2) is 9.31. The number of rotatable bonds is 7. The van der Waals surface area contributed by atoms with Crippen molar-refractivity contribution in [1.82, 2.24) is 9.97 Å². The van der Waals surface area contributed by atoms with Gasteiger partial charge in [-0.3, -0.25) is 9.78 Å². The highest BCUT2D eigenvalue weighted by atomic mass is 32.1. The summed E-state index contributed by atoms with van der Waals surface area (Å²) in [5.74, 6) is 0.254. The van der Waals surface area contributed by atoms with Gasteiger partial charge in [-0.25, -0.2) is 4.98 Å². The summed E-state index contributed by atoms with van der Waals surface area (Å²) in [5.41, 5.74) is 5.47. The highest BCUT2D eigenvalue weighted by Crippen LogP contribution is 2.41. The normalized spacial score (nSPS) is 15.6. The van der Waals surface area contributed by atoms with E-state index in [-0.39, 0.29) is 11.3 Å². The molecule has 3 aromatic rings. The van der Waals surface area contributed by atoms with Crippen LogP contribution in [0.1, 0.15) is 64.9 Å². The number of amides is 1. The Bertz CT molecular complexity index is 1040. The van der Waals surface area contributed by atoms with Crippen LogP contribution >= 0.6 is 11.3 Å². The van der Waals surface area contributed by atoms with E-state index in [1.165, 1.54) is 24.8 Å². The number of pyridine rings is 1. The molecule has 1 amide bonds. The fourth-order valence-corrected chi connectivity index (χ4v) is 5.11. The molecule has 2 aromatic heterocycles. The van der Waals surface area contributed by atoms with Crippen LogP contribution in [0.2, 0.25) is 0 Å². The first-order valence-electron chi connectivity index (χ1n) is 11.3. The monoisotopic (exact) mass is 433 g/mol. The summed E-state index contributed by atoms with van der Waals surface area (Å²) in [5, 5.41) is 3.12. The first-order valence-corrected chi connectivity index (χ1v) is 12.2. The van der Waals surface area contributed by atoms with Gasteiger partial charge in [0.05, 0.1) is 5.69 Å². The summed E-state index contributed by atoms with van der Waals surface area (Å²) in [6.45, 7) is 7.54. The minimum absolute atomic E-state index is 0.0525. The lowest BCUT2D eigenvalue weighted by Crippen LogP contribution is -2.31. The van der Waals surface area contributed by atoms with Crippen molar-refractivity contribution in [2.24, 2.45) is 0 Å². The number of hydrogen-bond donors (Lipinski definition) is 0. The van der Waals surface area contributed by atoms with Crippen LogP contribution in [0.3, 0.4) is 0 Å². The van der Waals surface area contributed by atoms with E-state index in [1.807, 2.05) is 17.0 Å². The van der Waals surface area contributed by atoms with E-state index < -0.39 is 0 Å². The lowest BCUT2D eigenvalue weighted by Gasteiger charge is -2.28. The van der Waals surface area contributed by atoms with Gasteiger partial charge in [0.15, 0.2) is 0 Å². The molecule has 5 heteroatoms. The zero-order valence-electron chi connectivity index (χ0n) is 18.7. The molecule has 0 N–H and O–H groups in total. The number of nitrogens with zero attached hydrogens (tertiary/aromatic N) is 3. The van der Waals surface area contributed by atoms with Crippen molar-refractivity contribution in [3.8, 4) is 21.8 Å². The Hall–Kier alpha value is -2.53. The second-order valence-electron chi connectivity index (χ2n) is 9.00. The number of fused-ring (bicyclic) bond motifs is 1. The number of benzene rings is 1. The number of carbonyl (C=O) groups excluding carboxylic acids is 1. The minimum Gasteiger partial charge on any atom is -0.312 e. The summed E-state index contributed by atoms with van der Waals surface area (Å²) in [4.78, 5) is 24.0. The van der Waals surface area contributed by atoms with E-state index in [4.69, 9.17) is 4.98 Å². The van der Waals surface area contributed by atoms with Gasteiger partial charge >= 0.3 is 0 Å². The van der Waals surface area contributed by atoms with E-state index >= 15 is 0 Å². The number of carbonyl (C=O) groups is 1. The van der Waals surface area contributed by atoms with Crippen LogP contribution in [0, 0.1) is 0 Å². The van der Waals surface area contributed by atoms with Crippen LogP contribution in [0.4, 0.5) is 5.69 Å². The molecule has 162 valence electrons. The fraction of sp³-hybridized carbons (Fsp3) is 0.423. The van der Waals surface area contributed by atoms with Gasteiger partial charge in [0.2, 0.25) is 5.91 Å². The van der Waals surface area contributed by atoms with Crippen molar-refractivity contribution in [2.75, 3.05) is 11.4 Å². The Morgan fingerprint density at radius 1 is 1.06 bits per heavy atom. The molecule has 0 spiro atoms. The van der Waals surface area contributed by atoms with Crippen molar-refractivity contribution in [2.45, 2.75) is 64.7 Å².